The third kappa shape index (κ3) is 1.29. The van der Waals surface area contributed by atoms with Gasteiger partial charge in [0.15, 0.2) is 0 Å². The second-order valence-corrected chi connectivity index (χ2v) is 2.75. The monoisotopic (exact) mass is 147 g/mol. The molecule has 60 valence electrons. The van der Waals surface area contributed by atoms with Gasteiger partial charge in [0, 0.05) is 12.6 Å². The molecular weight excluding hydrogens is 134 g/mol. The molecule has 0 aromatic heterocycles. The number of hydrogen-bond acceptors (Lipinski definition) is 4. The quantitative estimate of drug-likeness (QED) is 0.322. The Kier molecular flexibility index (Phi) is 2.25. The first-order valence-electron chi connectivity index (χ1n) is 3.40. The zero-order valence-electron chi connectivity index (χ0n) is 5.86. The molecule has 10 heavy (non-hydrogen) atoms. The van der Waals surface area contributed by atoms with Gasteiger partial charge in [-0.3, -0.25) is 0 Å². The highest BCUT2D eigenvalue weighted by molar-refractivity contribution is 4.89. The van der Waals surface area contributed by atoms with Gasteiger partial charge < -0.3 is 20.6 Å². The van der Waals surface area contributed by atoms with Gasteiger partial charge in [0.1, 0.15) is 6.10 Å². The molecule has 0 radical (unpaired) electrons. The van der Waals surface area contributed by atoms with Crippen LogP contribution in [0.25, 0.3) is 0 Å². The van der Waals surface area contributed by atoms with Crippen molar-refractivity contribution in [3.8, 4) is 0 Å². The fourth-order valence-electron chi connectivity index (χ4n) is 1.07. The van der Waals surface area contributed by atoms with Crippen LogP contribution in [0.4, 0.5) is 0 Å². The van der Waals surface area contributed by atoms with E-state index in [0.717, 1.165) is 0 Å². The second kappa shape index (κ2) is 2.84. The van der Waals surface area contributed by atoms with Gasteiger partial charge >= 0.3 is 0 Å². The summed E-state index contributed by atoms with van der Waals surface area (Å²) in [5.74, 6) is 0. The average molecular weight is 147 g/mol. The van der Waals surface area contributed by atoms with Crippen LogP contribution in [0.2, 0.25) is 0 Å². The molecule has 1 aliphatic rings. The first-order valence-corrected chi connectivity index (χ1v) is 3.40. The largest absolute Gasteiger partial charge is 0.389 e. The summed E-state index contributed by atoms with van der Waals surface area (Å²) in [4.78, 5) is 0. The standard InChI is InChI=1S/C6H13NO3/c1-3-5(9)6(10)4(8)2-7-3/h3-10H,2H2,1H3/t3-,4-,5?,6?/m0/s1. The molecule has 0 bridgehead atoms. The molecule has 1 saturated heterocycles. The summed E-state index contributed by atoms with van der Waals surface area (Å²) in [5, 5.41) is 30.1. The van der Waals surface area contributed by atoms with Crippen molar-refractivity contribution in [1.29, 1.82) is 0 Å². The lowest BCUT2D eigenvalue weighted by molar-refractivity contribution is -0.0910. The van der Waals surface area contributed by atoms with Crippen LogP contribution >= 0.6 is 0 Å². The molecule has 4 atom stereocenters. The molecule has 1 aliphatic heterocycles. The van der Waals surface area contributed by atoms with Gasteiger partial charge in [0.25, 0.3) is 0 Å². The molecule has 0 aromatic rings. The van der Waals surface area contributed by atoms with Gasteiger partial charge in [-0.05, 0) is 6.92 Å². The van der Waals surface area contributed by atoms with Crippen molar-refractivity contribution in [1.82, 2.24) is 5.32 Å². The minimum Gasteiger partial charge on any atom is -0.389 e. The molecule has 0 spiro atoms. The predicted molar refractivity (Wildman–Crippen MR) is 35.5 cm³/mol. The zero-order chi connectivity index (χ0) is 7.72. The summed E-state index contributed by atoms with van der Waals surface area (Å²) in [7, 11) is 0. The van der Waals surface area contributed by atoms with Crippen molar-refractivity contribution < 1.29 is 15.3 Å². The normalized spacial score (nSPS) is 49.2. The lowest BCUT2D eigenvalue weighted by Gasteiger charge is -2.33. The first kappa shape index (κ1) is 7.94. The van der Waals surface area contributed by atoms with Gasteiger partial charge in [-0.1, -0.05) is 0 Å². The molecule has 0 amide bonds. The predicted octanol–water partition coefficient (Wildman–Crippen LogP) is -1.94. The molecule has 1 heterocycles. The Labute approximate surface area is 59.5 Å². The van der Waals surface area contributed by atoms with Gasteiger partial charge in [-0.25, -0.2) is 0 Å². The van der Waals surface area contributed by atoms with Gasteiger partial charge in [0.05, 0.1) is 12.2 Å². The number of hydrogen-bond donors (Lipinski definition) is 4. The zero-order valence-corrected chi connectivity index (χ0v) is 5.86. The maximum Gasteiger partial charge on any atom is 0.108 e. The fourth-order valence-corrected chi connectivity index (χ4v) is 1.07. The van der Waals surface area contributed by atoms with E-state index in [1.165, 1.54) is 0 Å². The van der Waals surface area contributed by atoms with E-state index in [-0.39, 0.29) is 6.04 Å². The Morgan fingerprint density at radius 1 is 1.20 bits per heavy atom. The first-order chi connectivity index (χ1) is 4.63. The van der Waals surface area contributed by atoms with Crippen molar-refractivity contribution in [2.45, 2.75) is 31.3 Å². The lowest BCUT2D eigenvalue weighted by atomic mass is 9.98. The topological polar surface area (TPSA) is 72.7 Å². The molecule has 4 nitrogen and oxygen atoms in total. The highest BCUT2D eigenvalue weighted by Gasteiger charge is 2.33. The number of nitrogens with one attached hydrogen (secondary N) is 1. The van der Waals surface area contributed by atoms with E-state index in [1.54, 1.807) is 6.92 Å². The van der Waals surface area contributed by atoms with E-state index in [4.69, 9.17) is 15.3 Å². The number of rotatable bonds is 0. The molecule has 4 N–H and O–H groups in total. The molecule has 0 aromatic carbocycles. The van der Waals surface area contributed by atoms with Crippen LogP contribution in [-0.4, -0.2) is 46.2 Å². The SMILES string of the molecule is C[C@@H]1NC[C@H](O)C(O)C1O. The van der Waals surface area contributed by atoms with Crippen LogP contribution in [0.3, 0.4) is 0 Å². The molecule has 0 saturated carbocycles. The molecular formula is C6H13NO3. The van der Waals surface area contributed by atoms with Crippen molar-refractivity contribution in [2.24, 2.45) is 0 Å². The van der Waals surface area contributed by atoms with Gasteiger partial charge in [-0.2, -0.15) is 0 Å². The van der Waals surface area contributed by atoms with Crippen molar-refractivity contribution in [3.05, 3.63) is 0 Å². The number of β-amino-alcohol motifs (C(OH)–C–C–N with tert-alkyl or cyclic N) is 1. The van der Waals surface area contributed by atoms with Crippen molar-refractivity contribution in [3.63, 3.8) is 0 Å². The summed E-state index contributed by atoms with van der Waals surface area (Å²) in [6.07, 6.45) is -2.70. The Balaban J connectivity index is 2.52. The minimum absolute atomic E-state index is 0.140. The Morgan fingerprint density at radius 2 is 1.80 bits per heavy atom. The Morgan fingerprint density at radius 3 is 2.30 bits per heavy atom. The van der Waals surface area contributed by atoms with E-state index >= 15 is 0 Å². The summed E-state index contributed by atoms with van der Waals surface area (Å²) in [6, 6.07) is -0.140. The smallest absolute Gasteiger partial charge is 0.108 e. The maximum absolute atomic E-state index is 9.14. The number of aliphatic hydroxyl groups excluding tert-OH is 3. The number of aliphatic hydroxyl groups is 3. The van der Waals surface area contributed by atoms with E-state index in [1.807, 2.05) is 0 Å². The summed E-state index contributed by atoms with van der Waals surface area (Å²) in [6.45, 7) is 2.11. The van der Waals surface area contributed by atoms with E-state index < -0.39 is 18.3 Å². The average Bonchev–Trinajstić information content (AvgIpc) is 1.93. The van der Waals surface area contributed by atoms with E-state index in [0.29, 0.717) is 6.54 Å². The Bertz CT molecular complexity index is 106. The maximum atomic E-state index is 9.14. The van der Waals surface area contributed by atoms with Crippen LogP contribution in [0.15, 0.2) is 0 Å². The van der Waals surface area contributed by atoms with Crippen molar-refractivity contribution >= 4 is 0 Å². The molecule has 4 heteroatoms. The lowest BCUT2D eigenvalue weighted by Crippen LogP contribution is -2.58. The minimum atomic E-state index is -1.00. The second-order valence-electron chi connectivity index (χ2n) is 2.75. The van der Waals surface area contributed by atoms with Crippen LogP contribution in [0.1, 0.15) is 6.92 Å². The highest BCUT2D eigenvalue weighted by Crippen LogP contribution is 2.09. The summed E-state index contributed by atoms with van der Waals surface area (Å²) in [5.41, 5.74) is 0. The summed E-state index contributed by atoms with van der Waals surface area (Å²) < 4.78 is 0. The summed E-state index contributed by atoms with van der Waals surface area (Å²) >= 11 is 0. The van der Waals surface area contributed by atoms with Crippen LogP contribution in [0.5, 0.6) is 0 Å². The van der Waals surface area contributed by atoms with Crippen LogP contribution in [-0.2, 0) is 0 Å². The van der Waals surface area contributed by atoms with E-state index in [2.05, 4.69) is 5.32 Å². The third-order valence-electron chi connectivity index (χ3n) is 1.91. The molecule has 2 unspecified atom stereocenters. The Hall–Kier alpha value is -0.160. The number of piperidine rings is 1. The molecule has 1 fully saturated rings. The third-order valence-corrected chi connectivity index (χ3v) is 1.91. The molecule has 0 aliphatic carbocycles. The fraction of sp³-hybridized carbons (Fsp3) is 1.00. The van der Waals surface area contributed by atoms with Crippen LogP contribution in [0, 0.1) is 0 Å². The van der Waals surface area contributed by atoms with Crippen molar-refractivity contribution in [2.75, 3.05) is 6.54 Å². The van der Waals surface area contributed by atoms with Gasteiger partial charge in [-0.15, -0.1) is 0 Å². The van der Waals surface area contributed by atoms with Crippen LogP contribution < -0.4 is 5.32 Å². The van der Waals surface area contributed by atoms with Gasteiger partial charge in [0.2, 0.25) is 0 Å². The molecule has 1 rings (SSSR count). The highest BCUT2D eigenvalue weighted by atomic mass is 16.4. The van der Waals surface area contributed by atoms with E-state index in [9.17, 15) is 0 Å².